The predicted molar refractivity (Wildman–Crippen MR) is 110 cm³/mol. The number of Topliss-reactive ketones (excluding diaryl/α,β-unsaturated/α-hetero) is 1. The molecular weight excluding hydrogens is 382 g/mol. The van der Waals surface area contributed by atoms with Gasteiger partial charge in [0.05, 0.1) is 18.2 Å². The molecule has 6 nitrogen and oxygen atoms in total. The van der Waals surface area contributed by atoms with Gasteiger partial charge in [0, 0.05) is 16.6 Å². The molecule has 0 aliphatic heterocycles. The Labute approximate surface area is 174 Å². The van der Waals surface area contributed by atoms with E-state index in [2.05, 4.69) is 19.9 Å². The second-order valence-electron chi connectivity index (χ2n) is 8.30. The maximum Gasteiger partial charge on any atom is 0.194 e. The average molecular weight is 405 g/mol. The van der Waals surface area contributed by atoms with Crippen LogP contribution in [-0.2, 0) is 11.8 Å². The van der Waals surface area contributed by atoms with Crippen molar-refractivity contribution >= 4 is 11.4 Å². The molecule has 0 aromatic heterocycles. The highest BCUT2D eigenvalue weighted by molar-refractivity contribution is 6.33. The number of allylic oxidation sites excluding steroid dienone is 2. The minimum atomic E-state index is -1.29. The van der Waals surface area contributed by atoms with Crippen LogP contribution < -0.4 is 4.74 Å². The molecule has 0 saturated heterocycles. The van der Waals surface area contributed by atoms with E-state index in [4.69, 9.17) is 9.84 Å². The number of ketones is 1. The van der Waals surface area contributed by atoms with Crippen LogP contribution in [0, 0.1) is 11.3 Å². The van der Waals surface area contributed by atoms with Crippen molar-refractivity contribution < 1.29 is 24.9 Å². The van der Waals surface area contributed by atoms with Crippen molar-refractivity contribution in [2.24, 2.45) is 0 Å². The van der Waals surface area contributed by atoms with Gasteiger partial charge in [-0.3, -0.25) is 4.79 Å². The van der Waals surface area contributed by atoms with E-state index in [1.165, 1.54) is 0 Å². The van der Waals surface area contributed by atoms with Crippen LogP contribution in [0.25, 0.3) is 5.57 Å². The van der Waals surface area contributed by atoms with Crippen molar-refractivity contribution in [1.82, 2.24) is 0 Å². The maximum absolute atomic E-state index is 13.4. The van der Waals surface area contributed by atoms with Crippen LogP contribution in [-0.4, -0.2) is 46.5 Å². The molecule has 0 unspecified atom stereocenters. The zero-order valence-electron chi connectivity index (χ0n) is 16.8. The van der Waals surface area contributed by atoms with Crippen LogP contribution >= 0.6 is 0 Å². The van der Waals surface area contributed by atoms with E-state index in [9.17, 15) is 20.3 Å². The lowest BCUT2D eigenvalue weighted by Gasteiger charge is -2.34. The lowest BCUT2D eigenvalue weighted by Crippen LogP contribution is -2.34. The molecule has 0 heterocycles. The lowest BCUT2D eigenvalue weighted by molar-refractivity contribution is -0.0339. The fraction of sp³-hybridized carbons (Fsp3) is 0.333. The first-order chi connectivity index (χ1) is 14.3. The monoisotopic (exact) mass is 405 g/mol. The average Bonchev–Trinajstić information content (AvgIpc) is 3.15. The minimum absolute atomic E-state index is 0.0795. The van der Waals surface area contributed by atoms with E-state index in [1.807, 2.05) is 18.2 Å². The van der Waals surface area contributed by atoms with Crippen molar-refractivity contribution in [2.45, 2.75) is 37.9 Å². The molecule has 3 N–H and O–H groups in total. The molecule has 2 atom stereocenters. The number of aliphatic hydroxyl groups is 3. The van der Waals surface area contributed by atoms with Crippen LogP contribution in [0.2, 0.25) is 0 Å². The molecule has 2 aliphatic rings. The highest BCUT2D eigenvalue weighted by Crippen LogP contribution is 2.50. The SMILES string of the molecule is CC1(C)C2=C(C(=O)c3cc(OC[C@@H](O)[C@H](O)CO)ccc31)c1ccc(C#N)cc1C2. The Hall–Kier alpha value is -2.98. The summed E-state index contributed by atoms with van der Waals surface area (Å²) in [7, 11) is 0. The molecule has 2 aliphatic carbocycles. The maximum atomic E-state index is 13.4. The number of hydrogen-bond acceptors (Lipinski definition) is 6. The fourth-order valence-electron chi connectivity index (χ4n) is 4.35. The van der Waals surface area contributed by atoms with Gasteiger partial charge in [0.25, 0.3) is 0 Å². The normalized spacial score (nSPS) is 18.2. The van der Waals surface area contributed by atoms with Gasteiger partial charge in [-0.05, 0) is 52.9 Å². The summed E-state index contributed by atoms with van der Waals surface area (Å²) in [6, 6.07) is 12.9. The third kappa shape index (κ3) is 3.12. The van der Waals surface area contributed by atoms with E-state index >= 15 is 0 Å². The highest BCUT2D eigenvalue weighted by atomic mass is 16.5. The number of nitrogens with zero attached hydrogens (tertiary/aromatic N) is 1. The third-order valence-corrected chi connectivity index (χ3v) is 6.12. The van der Waals surface area contributed by atoms with Crippen LogP contribution in [0.15, 0.2) is 42.0 Å². The summed E-state index contributed by atoms with van der Waals surface area (Å²) in [5.41, 5.74) is 5.28. The molecule has 0 fully saturated rings. The van der Waals surface area contributed by atoms with Gasteiger partial charge in [0.1, 0.15) is 24.6 Å². The Morgan fingerprint density at radius 3 is 2.60 bits per heavy atom. The van der Waals surface area contributed by atoms with Crippen molar-refractivity contribution in [3.63, 3.8) is 0 Å². The number of nitriles is 1. The Morgan fingerprint density at radius 1 is 1.13 bits per heavy atom. The summed E-state index contributed by atoms with van der Waals surface area (Å²) in [6.45, 7) is 3.41. The van der Waals surface area contributed by atoms with Gasteiger partial charge >= 0.3 is 0 Å². The number of benzene rings is 2. The summed E-state index contributed by atoms with van der Waals surface area (Å²) in [4.78, 5) is 13.4. The Bertz CT molecular complexity index is 1110. The molecule has 4 rings (SSSR count). The number of carbonyl (C=O) groups excluding carboxylic acids is 1. The second kappa shape index (κ2) is 7.37. The van der Waals surface area contributed by atoms with Gasteiger partial charge in [-0.15, -0.1) is 0 Å². The summed E-state index contributed by atoms with van der Waals surface area (Å²) >= 11 is 0. The zero-order chi connectivity index (χ0) is 21.6. The van der Waals surface area contributed by atoms with Gasteiger partial charge in [0.2, 0.25) is 0 Å². The number of carbonyl (C=O) groups is 1. The number of rotatable bonds is 5. The van der Waals surface area contributed by atoms with Gasteiger partial charge in [-0.25, -0.2) is 0 Å². The summed E-state index contributed by atoms with van der Waals surface area (Å²) < 4.78 is 5.56. The third-order valence-electron chi connectivity index (χ3n) is 6.12. The molecule has 0 amide bonds. The molecule has 6 heteroatoms. The Balaban J connectivity index is 1.69. The number of fused-ring (bicyclic) bond motifs is 3. The van der Waals surface area contributed by atoms with Crippen LogP contribution in [0.4, 0.5) is 0 Å². The molecule has 2 aromatic carbocycles. The van der Waals surface area contributed by atoms with Crippen LogP contribution in [0.3, 0.4) is 0 Å². The number of ether oxygens (including phenoxy) is 1. The molecule has 0 radical (unpaired) electrons. The smallest absolute Gasteiger partial charge is 0.194 e. The second-order valence-corrected chi connectivity index (χ2v) is 8.30. The molecule has 30 heavy (non-hydrogen) atoms. The Kier molecular flexibility index (Phi) is 4.99. The summed E-state index contributed by atoms with van der Waals surface area (Å²) in [6.07, 6.45) is -1.88. The fourth-order valence-corrected chi connectivity index (χ4v) is 4.35. The minimum Gasteiger partial charge on any atom is -0.491 e. The van der Waals surface area contributed by atoms with E-state index in [0.717, 1.165) is 22.3 Å². The van der Waals surface area contributed by atoms with E-state index in [0.29, 0.717) is 28.9 Å². The molecular formula is C24H23NO5. The highest BCUT2D eigenvalue weighted by Gasteiger charge is 2.42. The van der Waals surface area contributed by atoms with Crippen molar-refractivity contribution in [3.05, 3.63) is 69.8 Å². The summed E-state index contributed by atoms with van der Waals surface area (Å²) in [5.74, 6) is 0.327. The predicted octanol–water partition coefficient (Wildman–Crippen LogP) is 2.13. The van der Waals surface area contributed by atoms with Gasteiger partial charge in [0.15, 0.2) is 5.78 Å². The quantitative estimate of drug-likeness (QED) is 0.703. The first kappa shape index (κ1) is 20.3. The van der Waals surface area contributed by atoms with Crippen molar-refractivity contribution in [3.8, 4) is 11.8 Å². The van der Waals surface area contributed by atoms with E-state index < -0.39 is 18.8 Å². The van der Waals surface area contributed by atoms with Gasteiger partial charge < -0.3 is 20.1 Å². The van der Waals surface area contributed by atoms with Crippen LogP contribution in [0.1, 0.15) is 46.5 Å². The van der Waals surface area contributed by atoms with Gasteiger partial charge in [-0.2, -0.15) is 5.26 Å². The topological polar surface area (TPSA) is 111 Å². The van der Waals surface area contributed by atoms with Gasteiger partial charge in [-0.1, -0.05) is 26.0 Å². The summed E-state index contributed by atoms with van der Waals surface area (Å²) in [5, 5.41) is 37.4. The molecule has 0 spiro atoms. The molecule has 154 valence electrons. The van der Waals surface area contributed by atoms with E-state index in [-0.39, 0.29) is 17.8 Å². The zero-order valence-corrected chi connectivity index (χ0v) is 16.8. The molecule has 2 aromatic rings. The molecule has 0 bridgehead atoms. The molecule has 0 saturated carbocycles. The van der Waals surface area contributed by atoms with E-state index in [1.54, 1.807) is 18.2 Å². The number of aliphatic hydroxyl groups excluding tert-OH is 3. The van der Waals surface area contributed by atoms with Crippen molar-refractivity contribution in [1.29, 1.82) is 5.26 Å². The Morgan fingerprint density at radius 2 is 1.90 bits per heavy atom. The lowest BCUT2D eigenvalue weighted by atomic mass is 9.68. The standard InChI is InChI=1S/C24H23NO5/c1-24(2)18-6-4-15(30-12-21(28)20(27)11-26)9-17(18)23(29)22-16-5-3-13(10-25)7-14(16)8-19(22)24/h3-7,9,20-21,26-28H,8,11-12H2,1-2H3/t20-,21-/m1/s1. The largest absolute Gasteiger partial charge is 0.491 e. The number of hydrogen-bond donors (Lipinski definition) is 3. The van der Waals surface area contributed by atoms with Crippen LogP contribution in [0.5, 0.6) is 5.75 Å². The first-order valence-corrected chi connectivity index (χ1v) is 9.84. The first-order valence-electron chi connectivity index (χ1n) is 9.84. The van der Waals surface area contributed by atoms with Crippen molar-refractivity contribution in [2.75, 3.05) is 13.2 Å².